The Kier molecular flexibility index (Phi) is 5.64. The van der Waals surface area contributed by atoms with Gasteiger partial charge in [-0.05, 0) is 30.5 Å². The minimum Gasteiger partial charge on any atom is -0.459 e. The van der Waals surface area contributed by atoms with E-state index in [4.69, 9.17) is 4.42 Å². The van der Waals surface area contributed by atoms with E-state index < -0.39 is 0 Å². The zero-order valence-electron chi connectivity index (χ0n) is 16.3. The van der Waals surface area contributed by atoms with Crippen molar-refractivity contribution in [3.05, 3.63) is 60.1 Å². The minimum absolute atomic E-state index is 0.0262. The summed E-state index contributed by atoms with van der Waals surface area (Å²) in [5, 5.41) is 2.95. The van der Waals surface area contributed by atoms with Crippen LogP contribution < -0.4 is 5.32 Å². The van der Waals surface area contributed by atoms with Gasteiger partial charge in [0, 0.05) is 32.7 Å². The van der Waals surface area contributed by atoms with Gasteiger partial charge in [0.05, 0.1) is 18.1 Å². The second kappa shape index (κ2) is 8.51. The van der Waals surface area contributed by atoms with Gasteiger partial charge < -0.3 is 19.5 Å². The third kappa shape index (κ3) is 4.50. The van der Waals surface area contributed by atoms with Crippen LogP contribution in [0.2, 0.25) is 0 Å². The van der Waals surface area contributed by atoms with Crippen molar-refractivity contribution in [1.82, 2.24) is 15.1 Å². The second-order valence-corrected chi connectivity index (χ2v) is 7.57. The quantitative estimate of drug-likeness (QED) is 0.805. The lowest BCUT2D eigenvalue weighted by molar-refractivity contribution is -0.136. The number of rotatable bonds is 6. The van der Waals surface area contributed by atoms with E-state index in [1.54, 1.807) is 21.9 Å². The van der Waals surface area contributed by atoms with Crippen LogP contribution in [-0.4, -0.2) is 60.2 Å². The Morgan fingerprint density at radius 2 is 1.66 bits per heavy atom. The first kappa shape index (κ1) is 19.2. The van der Waals surface area contributed by atoms with Crippen molar-refractivity contribution < 1.29 is 18.8 Å². The Morgan fingerprint density at radius 3 is 2.34 bits per heavy atom. The van der Waals surface area contributed by atoms with Gasteiger partial charge >= 0.3 is 0 Å². The lowest BCUT2D eigenvalue weighted by Gasteiger charge is -2.34. The van der Waals surface area contributed by atoms with Gasteiger partial charge in [0.1, 0.15) is 0 Å². The monoisotopic (exact) mass is 395 g/mol. The van der Waals surface area contributed by atoms with Crippen LogP contribution in [0.4, 0.5) is 0 Å². The Bertz CT molecular complexity index is 857. The average Bonchev–Trinajstić information content (AvgIpc) is 3.38. The number of nitrogens with zero attached hydrogens (tertiary/aromatic N) is 2. The summed E-state index contributed by atoms with van der Waals surface area (Å²) < 4.78 is 5.16. The number of hydrogen-bond acceptors (Lipinski definition) is 4. The zero-order chi connectivity index (χ0) is 20.2. The number of amides is 3. The van der Waals surface area contributed by atoms with Crippen LogP contribution in [0.5, 0.6) is 0 Å². The van der Waals surface area contributed by atoms with Gasteiger partial charge in [-0.25, -0.2) is 0 Å². The van der Waals surface area contributed by atoms with E-state index >= 15 is 0 Å². The average molecular weight is 395 g/mol. The van der Waals surface area contributed by atoms with Crippen molar-refractivity contribution in [2.75, 3.05) is 32.7 Å². The molecule has 0 spiro atoms. The molecular weight excluding hydrogens is 370 g/mol. The maximum atomic E-state index is 12.7. The fraction of sp³-hybridized carbons (Fsp3) is 0.409. The van der Waals surface area contributed by atoms with Crippen molar-refractivity contribution in [2.24, 2.45) is 11.8 Å². The molecule has 1 aromatic carbocycles. The lowest BCUT2D eigenvalue weighted by Crippen LogP contribution is -2.51. The minimum atomic E-state index is -0.223. The summed E-state index contributed by atoms with van der Waals surface area (Å²) in [5.74, 6) is -0.285. The van der Waals surface area contributed by atoms with Gasteiger partial charge in [0.15, 0.2) is 5.76 Å². The first-order valence-electron chi connectivity index (χ1n) is 10.1. The van der Waals surface area contributed by atoms with Crippen LogP contribution in [0.25, 0.3) is 0 Å². The summed E-state index contributed by atoms with van der Waals surface area (Å²) in [6.45, 7) is 2.51. The molecule has 0 bridgehead atoms. The fourth-order valence-corrected chi connectivity index (χ4v) is 3.78. The summed E-state index contributed by atoms with van der Waals surface area (Å²) in [6.07, 6.45) is 2.87. The van der Waals surface area contributed by atoms with Crippen molar-refractivity contribution >= 4 is 17.7 Å². The van der Waals surface area contributed by atoms with Crippen LogP contribution in [0, 0.1) is 11.8 Å². The van der Waals surface area contributed by atoms with Crippen LogP contribution >= 0.6 is 0 Å². The molecule has 152 valence electrons. The number of furan rings is 1. The van der Waals surface area contributed by atoms with E-state index in [0.717, 1.165) is 6.42 Å². The Morgan fingerprint density at radius 1 is 0.931 bits per heavy atom. The van der Waals surface area contributed by atoms with E-state index in [2.05, 4.69) is 5.32 Å². The van der Waals surface area contributed by atoms with Gasteiger partial charge in [0.25, 0.3) is 5.91 Å². The van der Waals surface area contributed by atoms with Crippen LogP contribution in [0.15, 0.2) is 53.1 Å². The van der Waals surface area contributed by atoms with Crippen LogP contribution in [0.1, 0.15) is 22.5 Å². The molecule has 1 saturated carbocycles. The highest BCUT2D eigenvalue weighted by Crippen LogP contribution is 2.40. The highest BCUT2D eigenvalue weighted by Gasteiger charge is 2.49. The summed E-state index contributed by atoms with van der Waals surface area (Å²) in [5.41, 5.74) is 1.18. The third-order valence-corrected chi connectivity index (χ3v) is 5.61. The van der Waals surface area contributed by atoms with Crippen molar-refractivity contribution in [2.45, 2.75) is 12.8 Å². The maximum Gasteiger partial charge on any atom is 0.289 e. The molecule has 7 nitrogen and oxygen atoms in total. The van der Waals surface area contributed by atoms with Crippen molar-refractivity contribution in [3.8, 4) is 0 Å². The molecule has 2 aromatic rings. The van der Waals surface area contributed by atoms with Crippen molar-refractivity contribution in [3.63, 3.8) is 0 Å². The molecule has 1 aromatic heterocycles. The van der Waals surface area contributed by atoms with Crippen LogP contribution in [0.3, 0.4) is 0 Å². The fourth-order valence-electron chi connectivity index (χ4n) is 3.78. The predicted octanol–water partition coefficient (Wildman–Crippen LogP) is 1.56. The summed E-state index contributed by atoms with van der Waals surface area (Å²) in [4.78, 5) is 40.8. The molecule has 2 heterocycles. The molecule has 2 unspecified atom stereocenters. The molecule has 0 radical (unpaired) electrons. The van der Waals surface area contributed by atoms with Crippen molar-refractivity contribution in [1.29, 1.82) is 0 Å². The highest BCUT2D eigenvalue weighted by molar-refractivity contribution is 5.93. The smallest absolute Gasteiger partial charge is 0.289 e. The molecule has 2 aliphatic rings. The van der Waals surface area contributed by atoms with Gasteiger partial charge in [-0.3, -0.25) is 14.4 Å². The molecule has 1 aliphatic carbocycles. The normalized spacial score (nSPS) is 21.0. The summed E-state index contributed by atoms with van der Waals surface area (Å²) in [6, 6.07) is 13.3. The number of carbonyl (C=O) groups is 3. The third-order valence-electron chi connectivity index (χ3n) is 5.61. The highest BCUT2D eigenvalue weighted by atomic mass is 16.3. The predicted molar refractivity (Wildman–Crippen MR) is 106 cm³/mol. The van der Waals surface area contributed by atoms with E-state index in [1.165, 1.54) is 11.8 Å². The summed E-state index contributed by atoms with van der Waals surface area (Å²) in [7, 11) is 0. The first-order valence-corrected chi connectivity index (χ1v) is 10.1. The largest absolute Gasteiger partial charge is 0.459 e. The van der Waals surface area contributed by atoms with E-state index in [9.17, 15) is 14.4 Å². The number of piperazine rings is 1. The Hall–Kier alpha value is -3.09. The van der Waals surface area contributed by atoms with E-state index in [0.29, 0.717) is 44.9 Å². The SMILES string of the molecule is O=C(NCCc1ccccc1)C1CC1C(=O)N1CCN(C(=O)c2ccco2)CC1. The Balaban J connectivity index is 1.19. The van der Waals surface area contributed by atoms with Gasteiger partial charge in [-0.2, -0.15) is 0 Å². The van der Waals surface area contributed by atoms with E-state index in [1.807, 2.05) is 30.3 Å². The molecule has 4 rings (SSSR count). The molecule has 1 N–H and O–H groups in total. The van der Waals surface area contributed by atoms with Gasteiger partial charge in [-0.1, -0.05) is 30.3 Å². The van der Waals surface area contributed by atoms with Gasteiger partial charge in [0.2, 0.25) is 11.8 Å². The van der Waals surface area contributed by atoms with Gasteiger partial charge in [-0.15, -0.1) is 0 Å². The van der Waals surface area contributed by atoms with E-state index in [-0.39, 0.29) is 29.6 Å². The number of benzene rings is 1. The molecule has 2 fully saturated rings. The molecule has 1 aliphatic heterocycles. The molecule has 1 saturated heterocycles. The molecular formula is C22H25N3O4. The standard InChI is InChI=1S/C22H25N3O4/c26-20(23-9-8-16-5-2-1-3-6-16)17-15-18(17)21(27)24-10-12-25(13-11-24)22(28)19-7-4-14-29-19/h1-7,14,17-18H,8-13,15H2,(H,23,26). The Labute approximate surface area is 169 Å². The zero-order valence-corrected chi connectivity index (χ0v) is 16.3. The summed E-state index contributed by atoms with van der Waals surface area (Å²) >= 11 is 0. The molecule has 7 heteroatoms. The molecule has 3 amide bonds. The number of hydrogen-bond donors (Lipinski definition) is 1. The number of carbonyl (C=O) groups excluding carboxylic acids is 3. The number of nitrogens with one attached hydrogen (secondary N) is 1. The molecule has 29 heavy (non-hydrogen) atoms. The maximum absolute atomic E-state index is 12.7. The topological polar surface area (TPSA) is 82.9 Å². The first-order chi connectivity index (χ1) is 14.1. The molecule has 2 atom stereocenters. The van der Waals surface area contributed by atoms with Crippen LogP contribution in [-0.2, 0) is 16.0 Å². The lowest BCUT2D eigenvalue weighted by atomic mass is 10.1. The second-order valence-electron chi connectivity index (χ2n) is 7.57.